The molecule has 1 aromatic carbocycles. The first-order valence-corrected chi connectivity index (χ1v) is 8.08. The number of anilines is 1. The number of guanidine groups is 1. The quantitative estimate of drug-likeness (QED) is 0.313. The maximum absolute atomic E-state index is 11.6. The summed E-state index contributed by atoms with van der Waals surface area (Å²) < 4.78 is 10.8. The zero-order chi connectivity index (χ0) is 17.9. The molecule has 0 aliphatic carbocycles. The summed E-state index contributed by atoms with van der Waals surface area (Å²) in [4.78, 5) is 15.8. The van der Waals surface area contributed by atoms with E-state index in [-0.39, 0.29) is 35.9 Å². The molecule has 0 atom stereocenters. The summed E-state index contributed by atoms with van der Waals surface area (Å²) in [6.07, 6.45) is 0.381. The van der Waals surface area contributed by atoms with Crippen molar-refractivity contribution in [2.24, 2.45) is 4.99 Å². The highest BCUT2D eigenvalue weighted by molar-refractivity contribution is 14.0. The minimum atomic E-state index is 0. The minimum Gasteiger partial charge on any atom is -0.493 e. The van der Waals surface area contributed by atoms with Gasteiger partial charge in [-0.1, -0.05) is 0 Å². The van der Waals surface area contributed by atoms with Crippen molar-refractivity contribution in [2.75, 3.05) is 32.6 Å². The molecule has 0 radical (unpaired) electrons. The SMILES string of the molecule is CCOc1cc(NC(=NC)NCCC(=O)NC(C)C)ccc1OC.I. The van der Waals surface area contributed by atoms with E-state index in [1.807, 2.05) is 39.0 Å². The van der Waals surface area contributed by atoms with Crippen LogP contribution in [0.2, 0.25) is 0 Å². The highest BCUT2D eigenvalue weighted by Crippen LogP contribution is 2.30. The number of halogens is 1. The van der Waals surface area contributed by atoms with E-state index in [2.05, 4.69) is 20.9 Å². The lowest BCUT2D eigenvalue weighted by atomic mass is 10.2. The number of carbonyl (C=O) groups is 1. The average molecular weight is 464 g/mol. The number of carbonyl (C=O) groups excluding carboxylic acids is 1. The fourth-order valence-electron chi connectivity index (χ4n) is 2.03. The summed E-state index contributed by atoms with van der Waals surface area (Å²) in [6, 6.07) is 5.70. The number of benzene rings is 1. The third kappa shape index (κ3) is 8.80. The molecule has 3 N–H and O–H groups in total. The van der Waals surface area contributed by atoms with Crippen molar-refractivity contribution in [3.05, 3.63) is 18.2 Å². The Labute approximate surface area is 167 Å². The lowest BCUT2D eigenvalue weighted by molar-refractivity contribution is -0.121. The smallest absolute Gasteiger partial charge is 0.221 e. The van der Waals surface area contributed by atoms with Gasteiger partial charge in [-0.25, -0.2) is 0 Å². The number of hydrogen-bond donors (Lipinski definition) is 3. The first-order valence-electron chi connectivity index (χ1n) is 8.08. The van der Waals surface area contributed by atoms with Gasteiger partial charge in [-0.05, 0) is 32.9 Å². The molecule has 0 heterocycles. The van der Waals surface area contributed by atoms with E-state index < -0.39 is 0 Å². The van der Waals surface area contributed by atoms with Crippen LogP contribution in [0.4, 0.5) is 5.69 Å². The number of ether oxygens (including phenoxy) is 2. The van der Waals surface area contributed by atoms with Crippen LogP contribution in [0.3, 0.4) is 0 Å². The zero-order valence-electron chi connectivity index (χ0n) is 15.5. The first-order chi connectivity index (χ1) is 11.5. The summed E-state index contributed by atoms with van der Waals surface area (Å²) in [7, 11) is 3.28. The van der Waals surface area contributed by atoms with Crippen LogP contribution in [0.15, 0.2) is 23.2 Å². The zero-order valence-corrected chi connectivity index (χ0v) is 17.8. The fraction of sp³-hybridized carbons (Fsp3) is 0.529. The maximum Gasteiger partial charge on any atom is 0.221 e. The third-order valence-electron chi connectivity index (χ3n) is 3.04. The Kier molecular flexibility index (Phi) is 11.8. The number of rotatable bonds is 8. The van der Waals surface area contributed by atoms with E-state index in [1.165, 1.54) is 0 Å². The van der Waals surface area contributed by atoms with Crippen LogP contribution < -0.4 is 25.4 Å². The molecule has 0 aliphatic rings. The van der Waals surface area contributed by atoms with Crippen molar-refractivity contribution < 1.29 is 14.3 Å². The summed E-state index contributed by atoms with van der Waals surface area (Å²) in [5.41, 5.74) is 0.819. The minimum absolute atomic E-state index is 0. The molecule has 0 bridgehead atoms. The molecule has 1 amide bonds. The van der Waals surface area contributed by atoms with Crippen LogP contribution in [-0.2, 0) is 4.79 Å². The van der Waals surface area contributed by atoms with Crippen molar-refractivity contribution in [1.82, 2.24) is 10.6 Å². The molecule has 0 unspecified atom stereocenters. The Hall–Kier alpha value is -1.71. The van der Waals surface area contributed by atoms with E-state index in [0.29, 0.717) is 37.0 Å². The number of methoxy groups -OCH3 is 1. The third-order valence-corrected chi connectivity index (χ3v) is 3.04. The van der Waals surface area contributed by atoms with Crippen molar-refractivity contribution in [3.63, 3.8) is 0 Å². The van der Waals surface area contributed by atoms with Gasteiger partial charge < -0.3 is 25.4 Å². The van der Waals surface area contributed by atoms with Crippen molar-refractivity contribution in [3.8, 4) is 11.5 Å². The van der Waals surface area contributed by atoms with Gasteiger partial charge in [-0.2, -0.15) is 0 Å². The molecular formula is C17H29IN4O3. The molecule has 8 heteroatoms. The van der Waals surface area contributed by atoms with Crippen LogP contribution >= 0.6 is 24.0 Å². The van der Waals surface area contributed by atoms with E-state index in [4.69, 9.17) is 9.47 Å². The van der Waals surface area contributed by atoms with Crippen LogP contribution in [0.25, 0.3) is 0 Å². The summed E-state index contributed by atoms with van der Waals surface area (Å²) in [5, 5.41) is 9.12. The van der Waals surface area contributed by atoms with E-state index in [9.17, 15) is 4.79 Å². The molecule has 0 aromatic heterocycles. The van der Waals surface area contributed by atoms with Crippen molar-refractivity contribution >= 4 is 41.5 Å². The predicted molar refractivity (Wildman–Crippen MR) is 112 cm³/mol. The molecule has 0 saturated heterocycles. The number of nitrogens with zero attached hydrogens (tertiary/aromatic N) is 1. The average Bonchev–Trinajstić information content (AvgIpc) is 2.53. The van der Waals surface area contributed by atoms with Crippen molar-refractivity contribution in [2.45, 2.75) is 33.2 Å². The van der Waals surface area contributed by atoms with Gasteiger partial charge in [-0.3, -0.25) is 9.79 Å². The van der Waals surface area contributed by atoms with Gasteiger partial charge >= 0.3 is 0 Å². The highest BCUT2D eigenvalue weighted by atomic mass is 127. The molecule has 0 saturated carbocycles. The van der Waals surface area contributed by atoms with Gasteiger partial charge in [0, 0.05) is 37.8 Å². The molecule has 0 aliphatic heterocycles. The molecule has 1 aromatic rings. The Morgan fingerprint density at radius 2 is 2.00 bits per heavy atom. The Morgan fingerprint density at radius 3 is 2.56 bits per heavy atom. The van der Waals surface area contributed by atoms with Gasteiger partial charge in [0.25, 0.3) is 0 Å². The molecule has 1 rings (SSSR count). The van der Waals surface area contributed by atoms with Crippen LogP contribution in [0, 0.1) is 0 Å². The molecule has 7 nitrogen and oxygen atoms in total. The highest BCUT2D eigenvalue weighted by Gasteiger charge is 2.08. The van der Waals surface area contributed by atoms with Crippen LogP contribution in [-0.4, -0.2) is 45.2 Å². The second kappa shape index (κ2) is 12.6. The van der Waals surface area contributed by atoms with Gasteiger partial charge in [-0.15, -0.1) is 24.0 Å². The van der Waals surface area contributed by atoms with E-state index in [0.717, 1.165) is 5.69 Å². The maximum atomic E-state index is 11.6. The molecule has 0 fully saturated rings. The Balaban J connectivity index is 0.00000576. The number of aliphatic imine (C=N–C) groups is 1. The normalized spacial score (nSPS) is 10.7. The van der Waals surface area contributed by atoms with Gasteiger partial charge in [0.15, 0.2) is 17.5 Å². The fourth-order valence-corrected chi connectivity index (χ4v) is 2.03. The van der Waals surface area contributed by atoms with Gasteiger partial charge in [0.05, 0.1) is 13.7 Å². The number of nitrogens with one attached hydrogen (secondary N) is 3. The Morgan fingerprint density at radius 1 is 1.28 bits per heavy atom. The lowest BCUT2D eigenvalue weighted by Gasteiger charge is -2.15. The number of hydrogen-bond acceptors (Lipinski definition) is 4. The standard InChI is InChI=1S/C17H28N4O3.HI/c1-6-24-15-11-13(7-8-14(15)23-5)21-17(18-4)19-10-9-16(22)20-12(2)3;/h7-8,11-12H,6,9-10H2,1-5H3,(H,20,22)(H2,18,19,21);1H. The molecule has 142 valence electrons. The topological polar surface area (TPSA) is 84.0 Å². The van der Waals surface area contributed by atoms with Crippen LogP contribution in [0.5, 0.6) is 11.5 Å². The van der Waals surface area contributed by atoms with Gasteiger partial charge in [0.2, 0.25) is 5.91 Å². The summed E-state index contributed by atoms with van der Waals surface area (Å²) in [6.45, 7) is 6.84. The largest absolute Gasteiger partial charge is 0.493 e. The molecular weight excluding hydrogens is 435 g/mol. The second-order valence-corrected chi connectivity index (χ2v) is 5.39. The monoisotopic (exact) mass is 464 g/mol. The molecule has 25 heavy (non-hydrogen) atoms. The second-order valence-electron chi connectivity index (χ2n) is 5.39. The lowest BCUT2D eigenvalue weighted by Crippen LogP contribution is -2.36. The Bertz CT molecular complexity index is 565. The van der Waals surface area contributed by atoms with Gasteiger partial charge in [0.1, 0.15) is 0 Å². The van der Waals surface area contributed by atoms with Crippen molar-refractivity contribution in [1.29, 1.82) is 0 Å². The van der Waals surface area contributed by atoms with Crippen LogP contribution in [0.1, 0.15) is 27.2 Å². The first kappa shape index (κ1) is 23.3. The van der Waals surface area contributed by atoms with E-state index >= 15 is 0 Å². The number of amides is 1. The summed E-state index contributed by atoms with van der Waals surface area (Å²) >= 11 is 0. The molecule has 0 spiro atoms. The predicted octanol–water partition coefficient (Wildman–Crippen LogP) is 2.61. The van der Waals surface area contributed by atoms with E-state index in [1.54, 1.807) is 14.2 Å². The summed E-state index contributed by atoms with van der Waals surface area (Å²) in [5.74, 6) is 1.93.